The Morgan fingerprint density at radius 2 is 2.40 bits per heavy atom. The van der Waals surface area contributed by atoms with E-state index < -0.39 is 5.60 Å². The lowest BCUT2D eigenvalue weighted by molar-refractivity contribution is -0.194. The molecular formula is C7H12O3. The maximum atomic E-state index is 11.0. The van der Waals surface area contributed by atoms with Crippen molar-refractivity contribution in [2.75, 3.05) is 13.2 Å². The molecule has 10 heavy (non-hydrogen) atoms. The fraction of sp³-hybridized carbons (Fsp3) is 0.857. The van der Waals surface area contributed by atoms with Gasteiger partial charge in [0.2, 0.25) is 0 Å². The third kappa shape index (κ3) is 1.14. The van der Waals surface area contributed by atoms with Gasteiger partial charge in [0.15, 0.2) is 5.60 Å². The molecule has 0 unspecified atom stereocenters. The Hall–Kier alpha value is -0.570. The highest BCUT2D eigenvalue weighted by molar-refractivity contribution is 5.79. The number of hydrogen-bond donors (Lipinski definition) is 0. The van der Waals surface area contributed by atoms with Gasteiger partial charge in [-0.3, -0.25) is 0 Å². The molecule has 1 aliphatic rings. The molecule has 1 heterocycles. The zero-order valence-corrected chi connectivity index (χ0v) is 6.35. The van der Waals surface area contributed by atoms with Crippen LogP contribution in [0, 0.1) is 0 Å². The normalized spacial score (nSPS) is 31.0. The average molecular weight is 144 g/mol. The zero-order valence-electron chi connectivity index (χ0n) is 6.35. The van der Waals surface area contributed by atoms with Crippen LogP contribution < -0.4 is 0 Å². The molecule has 0 bridgehead atoms. The Morgan fingerprint density at radius 3 is 2.70 bits per heavy atom. The summed E-state index contributed by atoms with van der Waals surface area (Å²) in [6.45, 7) is 4.65. The van der Waals surface area contributed by atoms with Gasteiger partial charge in [0.25, 0.3) is 0 Å². The van der Waals surface area contributed by atoms with Crippen molar-refractivity contribution in [2.45, 2.75) is 25.9 Å². The number of ether oxygens (including phenoxy) is 2. The minimum absolute atomic E-state index is 0.235. The summed E-state index contributed by atoms with van der Waals surface area (Å²) in [6.07, 6.45) is 0.784. The van der Waals surface area contributed by atoms with Gasteiger partial charge in [0.05, 0.1) is 13.2 Å². The van der Waals surface area contributed by atoms with E-state index in [1.165, 1.54) is 0 Å². The summed E-state index contributed by atoms with van der Waals surface area (Å²) in [6, 6.07) is 0. The lowest BCUT2D eigenvalue weighted by Crippen LogP contribution is -2.48. The quantitative estimate of drug-likeness (QED) is 0.536. The van der Waals surface area contributed by atoms with Gasteiger partial charge in [-0.15, -0.1) is 0 Å². The smallest absolute Gasteiger partial charge is 0.338 e. The van der Waals surface area contributed by atoms with E-state index in [1.54, 1.807) is 13.8 Å². The molecule has 0 aliphatic carbocycles. The van der Waals surface area contributed by atoms with Crippen LogP contribution in [0.2, 0.25) is 0 Å². The summed E-state index contributed by atoms with van der Waals surface area (Å²) in [4.78, 5) is 11.0. The van der Waals surface area contributed by atoms with E-state index in [4.69, 9.17) is 9.47 Å². The van der Waals surface area contributed by atoms with Gasteiger partial charge in [-0.05, 0) is 13.8 Å². The fourth-order valence-electron chi connectivity index (χ4n) is 0.853. The molecule has 1 atom stereocenters. The van der Waals surface area contributed by atoms with E-state index in [1.807, 2.05) is 0 Å². The summed E-state index contributed by atoms with van der Waals surface area (Å²) < 4.78 is 9.84. The second-order valence-corrected chi connectivity index (χ2v) is 2.55. The van der Waals surface area contributed by atoms with Crippen molar-refractivity contribution in [3.63, 3.8) is 0 Å². The number of rotatable bonds is 2. The third-order valence-electron chi connectivity index (χ3n) is 1.71. The van der Waals surface area contributed by atoms with E-state index in [2.05, 4.69) is 0 Å². The van der Waals surface area contributed by atoms with Gasteiger partial charge in [0, 0.05) is 6.42 Å². The van der Waals surface area contributed by atoms with Gasteiger partial charge in [0.1, 0.15) is 0 Å². The second kappa shape index (κ2) is 2.58. The number of carbonyl (C=O) groups is 1. The number of esters is 1. The van der Waals surface area contributed by atoms with Crippen LogP contribution in [0.15, 0.2) is 0 Å². The van der Waals surface area contributed by atoms with E-state index in [0.29, 0.717) is 13.2 Å². The molecule has 0 spiro atoms. The molecule has 0 aromatic rings. The summed E-state index contributed by atoms with van der Waals surface area (Å²) in [7, 11) is 0. The van der Waals surface area contributed by atoms with Crippen molar-refractivity contribution in [3.05, 3.63) is 0 Å². The molecule has 0 radical (unpaired) electrons. The molecule has 0 N–H and O–H groups in total. The maximum Gasteiger partial charge on any atom is 0.338 e. The van der Waals surface area contributed by atoms with E-state index >= 15 is 0 Å². The van der Waals surface area contributed by atoms with Crippen LogP contribution in [0.25, 0.3) is 0 Å². The first kappa shape index (κ1) is 7.54. The van der Waals surface area contributed by atoms with E-state index in [9.17, 15) is 4.79 Å². The predicted octanol–water partition coefficient (Wildman–Crippen LogP) is 0.728. The Labute approximate surface area is 60.3 Å². The molecule has 3 nitrogen and oxygen atoms in total. The molecular weight excluding hydrogens is 132 g/mol. The average Bonchev–Trinajstić information content (AvgIpc) is 1.83. The molecule has 1 aliphatic heterocycles. The van der Waals surface area contributed by atoms with Crippen molar-refractivity contribution in [1.82, 2.24) is 0 Å². The molecule has 58 valence electrons. The largest absolute Gasteiger partial charge is 0.464 e. The SMILES string of the molecule is CCOC(=O)[C@@]1(C)CCO1. The third-order valence-corrected chi connectivity index (χ3v) is 1.71. The van der Waals surface area contributed by atoms with Crippen molar-refractivity contribution >= 4 is 5.97 Å². The van der Waals surface area contributed by atoms with Crippen LogP contribution in [-0.2, 0) is 14.3 Å². The first-order valence-corrected chi connectivity index (χ1v) is 3.50. The Balaban J connectivity index is 2.39. The van der Waals surface area contributed by atoms with Crippen LogP contribution in [0.5, 0.6) is 0 Å². The predicted molar refractivity (Wildman–Crippen MR) is 35.6 cm³/mol. The summed E-state index contributed by atoms with van der Waals surface area (Å²) in [5.41, 5.74) is -0.629. The first-order valence-electron chi connectivity index (χ1n) is 3.50. The van der Waals surface area contributed by atoms with E-state index in [-0.39, 0.29) is 5.97 Å². The number of hydrogen-bond acceptors (Lipinski definition) is 3. The Bertz CT molecular complexity index is 138. The topological polar surface area (TPSA) is 35.5 Å². The minimum atomic E-state index is -0.629. The standard InChI is InChI=1S/C7H12O3/c1-3-9-6(8)7(2)4-5-10-7/h3-5H2,1-2H3/t7-/m1/s1. The Morgan fingerprint density at radius 1 is 1.80 bits per heavy atom. The van der Waals surface area contributed by atoms with Gasteiger partial charge in [-0.25, -0.2) is 4.79 Å². The molecule has 1 rings (SSSR count). The van der Waals surface area contributed by atoms with Gasteiger partial charge < -0.3 is 9.47 Å². The van der Waals surface area contributed by atoms with Crippen LogP contribution >= 0.6 is 0 Å². The second-order valence-electron chi connectivity index (χ2n) is 2.55. The molecule has 3 heteroatoms. The molecule has 0 amide bonds. The molecule has 1 saturated heterocycles. The van der Waals surface area contributed by atoms with Crippen molar-refractivity contribution in [1.29, 1.82) is 0 Å². The zero-order chi connectivity index (χ0) is 7.61. The highest BCUT2D eigenvalue weighted by Crippen LogP contribution is 2.26. The van der Waals surface area contributed by atoms with Gasteiger partial charge in [-0.1, -0.05) is 0 Å². The molecule has 1 fully saturated rings. The molecule has 0 aromatic carbocycles. The minimum Gasteiger partial charge on any atom is -0.464 e. The summed E-state index contributed by atoms with van der Waals surface area (Å²) in [5.74, 6) is -0.235. The van der Waals surface area contributed by atoms with Gasteiger partial charge in [-0.2, -0.15) is 0 Å². The molecule has 0 aromatic heterocycles. The van der Waals surface area contributed by atoms with Gasteiger partial charge >= 0.3 is 5.97 Å². The highest BCUT2D eigenvalue weighted by Gasteiger charge is 2.42. The lowest BCUT2D eigenvalue weighted by Gasteiger charge is -2.35. The van der Waals surface area contributed by atoms with Crippen LogP contribution in [0.3, 0.4) is 0 Å². The van der Waals surface area contributed by atoms with Crippen molar-refractivity contribution in [3.8, 4) is 0 Å². The van der Waals surface area contributed by atoms with Crippen LogP contribution in [0.4, 0.5) is 0 Å². The first-order chi connectivity index (χ1) is 4.69. The van der Waals surface area contributed by atoms with E-state index in [0.717, 1.165) is 6.42 Å². The lowest BCUT2D eigenvalue weighted by atomic mass is 9.98. The fourth-order valence-corrected chi connectivity index (χ4v) is 0.853. The summed E-state index contributed by atoms with van der Waals surface area (Å²) in [5, 5.41) is 0. The highest BCUT2D eigenvalue weighted by atomic mass is 16.6. The monoisotopic (exact) mass is 144 g/mol. The maximum absolute atomic E-state index is 11.0. The van der Waals surface area contributed by atoms with Crippen molar-refractivity contribution < 1.29 is 14.3 Å². The van der Waals surface area contributed by atoms with Crippen LogP contribution in [-0.4, -0.2) is 24.8 Å². The Kier molecular flexibility index (Phi) is 1.94. The van der Waals surface area contributed by atoms with Crippen molar-refractivity contribution in [2.24, 2.45) is 0 Å². The van der Waals surface area contributed by atoms with Crippen LogP contribution in [0.1, 0.15) is 20.3 Å². The summed E-state index contributed by atoms with van der Waals surface area (Å²) >= 11 is 0. The molecule has 0 saturated carbocycles. The number of carbonyl (C=O) groups excluding carboxylic acids is 1.